The molecule has 2 atom stereocenters. The first kappa shape index (κ1) is 15.6. The van der Waals surface area contributed by atoms with Crippen LogP contribution in [-0.4, -0.2) is 30.2 Å². The van der Waals surface area contributed by atoms with Gasteiger partial charge in [-0.15, -0.1) is 0 Å². The molecule has 2 aromatic rings. The van der Waals surface area contributed by atoms with E-state index >= 15 is 0 Å². The van der Waals surface area contributed by atoms with Crippen LogP contribution in [-0.2, 0) is 24.1 Å². The van der Waals surface area contributed by atoms with E-state index in [0.29, 0.717) is 6.04 Å². The molecule has 2 bridgehead atoms. The number of rotatable bonds is 2. The Labute approximate surface area is 150 Å². The molecule has 23 heavy (non-hydrogen) atoms. The van der Waals surface area contributed by atoms with Gasteiger partial charge >= 0.3 is 0 Å². The third-order valence-corrected chi connectivity index (χ3v) is 5.55. The molecule has 0 radical (unpaired) electrons. The smallest absolute Gasteiger partial charge is 0.0743 e. The topological polar surface area (TPSA) is 12.5 Å². The molecule has 5 rings (SSSR count). The van der Waals surface area contributed by atoms with Crippen LogP contribution >= 0.6 is 27.5 Å². The van der Waals surface area contributed by atoms with E-state index in [0.717, 1.165) is 42.0 Å². The van der Waals surface area contributed by atoms with Gasteiger partial charge in [-0.25, -0.2) is 0 Å². The fourth-order valence-electron chi connectivity index (χ4n) is 3.67. The molecule has 0 saturated carbocycles. The molecular formula is C19H19BrClNO. The summed E-state index contributed by atoms with van der Waals surface area (Å²) in [5.74, 6) is 0. The molecule has 0 amide bonds. The van der Waals surface area contributed by atoms with Gasteiger partial charge in [0.2, 0.25) is 0 Å². The van der Waals surface area contributed by atoms with E-state index < -0.39 is 0 Å². The summed E-state index contributed by atoms with van der Waals surface area (Å²) in [7, 11) is 0. The summed E-state index contributed by atoms with van der Waals surface area (Å²) in [6, 6.07) is 15.3. The zero-order chi connectivity index (χ0) is 15.8. The van der Waals surface area contributed by atoms with Gasteiger partial charge in [0.05, 0.1) is 12.7 Å². The number of hydrogen-bond donors (Lipinski definition) is 0. The molecule has 2 nitrogen and oxygen atoms in total. The Balaban J connectivity index is 1.59. The van der Waals surface area contributed by atoms with E-state index in [4.69, 9.17) is 16.3 Å². The number of nitrogens with zero attached hydrogens (tertiary/aromatic N) is 1. The van der Waals surface area contributed by atoms with Gasteiger partial charge < -0.3 is 4.74 Å². The Morgan fingerprint density at radius 1 is 1.13 bits per heavy atom. The lowest BCUT2D eigenvalue weighted by Gasteiger charge is -2.42. The molecule has 120 valence electrons. The van der Waals surface area contributed by atoms with E-state index in [1.54, 1.807) is 0 Å². The van der Waals surface area contributed by atoms with Gasteiger partial charge in [-0.2, -0.15) is 0 Å². The minimum atomic E-state index is 0.283. The summed E-state index contributed by atoms with van der Waals surface area (Å²) in [6.07, 6.45) is 2.33. The van der Waals surface area contributed by atoms with Gasteiger partial charge in [-0.3, -0.25) is 4.90 Å². The lowest BCUT2D eigenvalue weighted by Crippen LogP contribution is -2.52. The molecule has 3 aliphatic heterocycles. The molecule has 3 heterocycles. The van der Waals surface area contributed by atoms with Crippen LogP contribution < -0.4 is 0 Å². The van der Waals surface area contributed by atoms with Crippen molar-refractivity contribution in [3.05, 3.63) is 68.7 Å². The van der Waals surface area contributed by atoms with Crippen molar-refractivity contribution in [2.24, 2.45) is 0 Å². The lowest BCUT2D eigenvalue weighted by atomic mass is 9.91. The predicted molar refractivity (Wildman–Crippen MR) is 96.9 cm³/mol. The number of hydrogen-bond acceptors (Lipinski definition) is 2. The van der Waals surface area contributed by atoms with Crippen molar-refractivity contribution in [2.75, 3.05) is 13.2 Å². The minimum Gasteiger partial charge on any atom is -0.375 e. The average Bonchev–Trinajstić information content (AvgIpc) is 2.50. The van der Waals surface area contributed by atoms with Crippen LogP contribution in [0.1, 0.15) is 16.7 Å². The Morgan fingerprint density at radius 3 is 2.91 bits per heavy atom. The van der Waals surface area contributed by atoms with Crippen molar-refractivity contribution in [3.8, 4) is 0 Å². The summed E-state index contributed by atoms with van der Waals surface area (Å²) in [6.45, 7) is 2.75. The third-order valence-electron chi connectivity index (χ3n) is 4.82. The number of fused-ring (bicyclic) bond motifs is 2. The molecule has 0 aromatic heterocycles. The maximum absolute atomic E-state index is 6.14. The normalized spacial score (nSPS) is 24.1. The van der Waals surface area contributed by atoms with Gasteiger partial charge in [0.25, 0.3) is 0 Å². The van der Waals surface area contributed by atoms with Crippen LogP contribution in [0.25, 0.3) is 0 Å². The highest BCUT2D eigenvalue weighted by molar-refractivity contribution is 9.10. The Morgan fingerprint density at radius 2 is 2.04 bits per heavy atom. The second-order valence-electron chi connectivity index (χ2n) is 6.49. The molecule has 1 saturated heterocycles. The molecule has 0 unspecified atom stereocenters. The number of morpholine rings is 1. The first-order valence-electron chi connectivity index (χ1n) is 8.05. The number of halogens is 2. The molecule has 3 aliphatic rings. The van der Waals surface area contributed by atoms with E-state index in [1.165, 1.54) is 16.7 Å². The molecular weight excluding hydrogens is 374 g/mol. The highest BCUT2D eigenvalue weighted by Crippen LogP contribution is 2.29. The minimum absolute atomic E-state index is 0.283. The number of benzene rings is 2. The van der Waals surface area contributed by atoms with Gasteiger partial charge in [-0.05, 0) is 47.4 Å². The van der Waals surface area contributed by atoms with Crippen molar-refractivity contribution in [3.63, 3.8) is 0 Å². The van der Waals surface area contributed by atoms with Gasteiger partial charge in [0.1, 0.15) is 0 Å². The van der Waals surface area contributed by atoms with Crippen LogP contribution in [0.3, 0.4) is 0 Å². The van der Waals surface area contributed by atoms with Crippen molar-refractivity contribution in [2.45, 2.75) is 31.5 Å². The van der Waals surface area contributed by atoms with E-state index in [1.807, 2.05) is 12.1 Å². The quantitative estimate of drug-likeness (QED) is 0.747. The Hall–Kier alpha value is -0.870. The molecule has 4 heteroatoms. The zero-order valence-electron chi connectivity index (χ0n) is 12.8. The summed E-state index contributed by atoms with van der Waals surface area (Å²) in [5.41, 5.74) is 4.16. The largest absolute Gasteiger partial charge is 0.375 e. The van der Waals surface area contributed by atoms with Gasteiger partial charge in [-0.1, -0.05) is 45.7 Å². The molecule has 0 N–H and O–H groups in total. The van der Waals surface area contributed by atoms with Crippen LogP contribution in [0.5, 0.6) is 0 Å². The fraction of sp³-hybridized carbons (Fsp3) is 0.368. The molecule has 0 spiro atoms. The van der Waals surface area contributed by atoms with Crippen LogP contribution in [0.4, 0.5) is 0 Å². The summed E-state index contributed by atoms with van der Waals surface area (Å²) < 4.78 is 7.24. The average molecular weight is 393 g/mol. The van der Waals surface area contributed by atoms with Crippen molar-refractivity contribution >= 4 is 27.5 Å². The summed E-state index contributed by atoms with van der Waals surface area (Å²) in [4.78, 5) is 2.56. The maximum atomic E-state index is 6.14. The SMILES string of the molecule is Clc1cccc(CN2C[C@H]3Cc4ccc(Br)cc4C[C@@H]2CO3)c1. The maximum Gasteiger partial charge on any atom is 0.0743 e. The monoisotopic (exact) mass is 391 g/mol. The summed E-state index contributed by atoms with van der Waals surface area (Å²) >= 11 is 9.74. The fourth-order valence-corrected chi connectivity index (χ4v) is 4.30. The molecule has 0 aliphatic carbocycles. The van der Waals surface area contributed by atoms with E-state index in [9.17, 15) is 0 Å². The first-order valence-corrected chi connectivity index (χ1v) is 9.22. The zero-order valence-corrected chi connectivity index (χ0v) is 15.2. The summed E-state index contributed by atoms with van der Waals surface area (Å²) in [5, 5.41) is 0.810. The van der Waals surface area contributed by atoms with Crippen molar-refractivity contribution in [1.29, 1.82) is 0 Å². The van der Waals surface area contributed by atoms with Crippen LogP contribution in [0.2, 0.25) is 5.02 Å². The highest BCUT2D eigenvalue weighted by atomic mass is 79.9. The van der Waals surface area contributed by atoms with Crippen LogP contribution in [0.15, 0.2) is 46.9 Å². The predicted octanol–water partition coefficient (Wildman–Crippen LogP) is 4.47. The Bertz CT molecular complexity index is 720. The second-order valence-corrected chi connectivity index (χ2v) is 7.84. The standard InChI is InChI=1S/C19H19BrClNO/c20-16-5-4-14-9-19-11-22(10-13-2-1-3-17(21)6-13)18(12-23-19)8-15(14)7-16/h1-7,18-19H,8-12H2/t18-,19-/m1/s1. The Kier molecular flexibility index (Phi) is 4.46. The molecule has 2 aromatic carbocycles. The highest BCUT2D eigenvalue weighted by Gasteiger charge is 2.32. The van der Waals surface area contributed by atoms with Crippen molar-refractivity contribution < 1.29 is 4.74 Å². The van der Waals surface area contributed by atoms with E-state index in [-0.39, 0.29) is 6.10 Å². The van der Waals surface area contributed by atoms with Crippen LogP contribution in [0, 0.1) is 0 Å². The van der Waals surface area contributed by atoms with E-state index in [2.05, 4.69) is 51.2 Å². The van der Waals surface area contributed by atoms with Gasteiger partial charge in [0, 0.05) is 35.0 Å². The number of ether oxygens (including phenoxy) is 1. The first-order chi connectivity index (χ1) is 11.2. The second kappa shape index (κ2) is 6.56. The lowest BCUT2D eigenvalue weighted by molar-refractivity contribution is -0.0693. The van der Waals surface area contributed by atoms with Crippen molar-refractivity contribution in [1.82, 2.24) is 4.90 Å². The third kappa shape index (κ3) is 3.48. The van der Waals surface area contributed by atoms with Gasteiger partial charge in [0.15, 0.2) is 0 Å². The molecule has 1 fully saturated rings.